The maximum Gasteiger partial charge on any atom is 0.128 e. The molecule has 0 saturated carbocycles. The number of hydrogen-bond donors (Lipinski definition) is 0. The monoisotopic (exact) mass is 282 g/mol. The molecule has 1 aliphatic rings. The van der Waals surface area contributed by atoms with Crippen LogP contribution in [0.15, 0.2) is 36.4 Å². The van der Waals surface area contributed by atoms with E-state index in [-0.39, 0.29) is 6.04 Å². The molecule has 21 heavy (non-hydrogen) atoms. The van der Waals surface area contributed by atoms with E-state index in [1.165, 1.54) is 0 Å². The van der Waals surface area contributed by atoms with Crippen LogP contribution in [0.4, 0.5) is 0 Å². The Labute approximate surface area is 124 Å². The lowest BCUT2D eigenvalue weighted by molar-refractivity contribution is 0.0265. The molecule has 3 rings (SSSR count). The van der Waals surface area contributed by atoms with E-state index in [2.05, 4.69) is 23.1 Å². The zero-order chi connectivity index (χ0) is 14.7. The zero-order valence-corrected chi connectivity index (χ0v) is 12.1. The van der Waals surface area contributed by atoms with E-state index in [0.29, 0.717) is 13.2 Å². The number of methoxy groups -OCH3 is 1. The number of rotatable bonds is 3. The third-order valence-corrected chi connectivity index (χ3v) is 3.96. The zero-order valence-electron chi connectivity index (χ0n) is 12.1. The Hall–Kier alpha value is -2.09. The molecule has 4 heteroatoms. The third-order valence-electron chi connectivity index (χ3n) is 3.96. The molecule has 0 aromatic heterocycles. The Balaban J connectivity index is 2.13. The van der Waals surface area contributed by atoms with Gasteiger partial charge in [-0.1, -0.05) is 30.3 Å². The van der Waals surface area contributed by atoms with E-state index in [1.54, 1.807) is 7.11 Å². The molecule has 1 fully saturated rings. The highest BCUT2D eigenvalue weighted by Crippen LogP contribution is 2.35. The summed E-state index contributed by atoms with van der Waals surface area (Å²) >= 11 is 0. The highest BCUT2D eigenvalue weighted by atomic mass is 16.5. The van der Waals surface area contributed by atoms with Gasteiger partial charge in [0.25, 0.3) is 0 Å². The average Bonchev–Trinajstić information content (AvgIpc) is 2.56. The first-order chi connectivity index (χ1) is 10.3. The first-order valence-electron chi connectivity index (χ1n) is 7.12. The van der Waals surface area contributed by atoms with Gasteiger partial charge in [-0.3, -0.25) is 4.90 Å². The van der Waals surface area contributed by atoms with Crippen LogP contribution < -0.4 is 4.74 Å². The lowest BCUT2D eigenvalue weighted by Crippen LogP contribution is -2.38. The normalized spacial score (nSPS) is 17.3. The molecular formula is C17H18N2O2. The smallest absolute Gasteiger partial charge is 0.128 e. The fourth-order valence-electron chi connectivity index (χ4n) is 2.90. The molecule has 0 N–H and O–H groups in total. The minimum absolute atomic E-state index is 0.310. The minimum Gasteiger partial charge on any atom is -0.496 e. The maximum atomic E-state index is 9.72. The first-order valence-corrected chi connectivity index (χ1v) is 7.12. The van der Waals surface area contributed by atoms with E-state index < -0.39 is 0 Å². The molecule has 0 bridgehead atoms. The van der Waals surface area contributed by atoms with E-state index in [9.17, 15) is 5.26 Å². The summed E-state index contributed by atoms with van der Waals surface area (Å²) in [7, 11) is 1.65. The van der Waals surface area contributed by atoms with Crippen molar-refractivity contribution in [3.63, 3.8) is 0 Å². The van der Waals surface area contributed by atoms with Crippen LogP contribution in [0.25, 0.3) is 10.8 Å². The van der Waals surface area contributed by atoms with Crippen molar-refractivity contribution < 1.29 is 9.47 Å². The van der Waals surface area contributed by atoms with Crippen LogP contribution in [-0.2, 0) is 4.74 Å². The molecule has 0 aliphatic carbocycles. The number of benzene rings is 2. The average molecular weight is 282 g/mol. The lowest BCUT2D eigenvalue weighted by Gasteiger charge is -2.31. The number of ether oxygens (including phenoxy) is 2. The van der Waals surface area contributed by atoms with Gasteiger partial charge >= 0.3 is 0 Å². The predicted molar refractivity (Wildman–Crippen MR) is 81.2 cm³/mol. The number of hydrogen-bond acceptors (Lipinski definition) is 4. The van der Waals surface area contributed by atoms with Gasteiger partial charge in [-0.15, -0.1) is 0 Å². The number of nitriles is 1. The Morgan fingerprint density at radius 1 is 1.19 bits per heavy atom. The summed E-state index contributed by atoms with van der Waals surface area (Å²) in [6.45, 7) is 2.88. The number of fused-ring (bicyclic) bond motifs is 1. The Kier molecular flexibility index (Phi) is 4.05. The Morgan fingerprint density at radius 3 is 2.67 bits per heavy atom. The summed E-state index contributed by atoms with van der Waals surface area (Å²) in [5, 5.41) is 11.9. The van der Waals surface area contributed by atoms with Gasteiger partial charge in [-0.05, 0) is 16.8 Å². The van der Waals surface area contributed by atoms with Crippen LogP contribution in [0.2, 0.25) is 0 Å². The number of morpholine rings is 1. The van der Waals surface area contributed by atoms with Crippen molar-refractivity contribution in [3.05, 3.63) is 42.0 Å². The second kappa shape index (κ2) is 6.13. The summed E-state index contributed by atoms with van der Waals surface area (Å²) in [5.41, 5.74) is 0.958. The van der Waals surface area contributed by atoms with Crippen molar-refractivity contribution in [2.75, 3.05) is 33.4 Å². The van der Waals surface area contributed by atoms with Crippen molar-refractivity contribution in [2.24, 2.45) is 0 Å². The van der Waals surface area contributed by atoms with E-state index in [0.717, 1.165) is 35.2 Å². The van der Waals surface area contributed by atoms with Crippen LogP contribution in [0.5, 0.6) is 5.75 Å². The van der Waals surface area contributed by atoms with Crippen LogP contribution in [0, 0.1) is 11.3 Å². The highest BCUT2D eigenvalue weighted by molar-refractivity contribution is 5.88. The number of nitrogens with zero attached hydrogens (tertiary/aromatic N) is 2. The second-order valence-electron chi connectivity index (χ2n) is 5.08. The van der Waals surface area contributed by atoms with Gasteiger partial charge < -0.3 is 9.47 Å². The van der Waals surface area contributed by atoms with Crippen LogP contribution in [0.3, 0.4) is 0 Å². The molecule has 1 atom stereocenters. The quantitative estimate of drug-likeness (QED) is 0.868. The van der Waals surface area contributed by atoms with Gasteiger partial charge in [0, 0.05) is 18.7 Å². The summed E-state index contributed by atoms with van der Waals surface area (Å²) in [4.78, 5) is 2.16. The second-order valence-corrected chi connectivity index (χ2v) is 5.08. The standard InChI is InChI=1S/C17H18N2O2/c1-20-16-7-6-13-4-2-3-5-14(13)17(16)15(12-18)19-8-10-21-11-9-19/h2-7,15H,8-11H2,1H3. The molecule has 2 aromatic rings. The summed E-state index contributed by atoms with van der Waals surface area (Å²) in [5.74, 6) is 0.770. The van der Waals surface area contributed by atoms with Gasteiger partial charge in [-0.2, -0.15) is 5.26 Å². The van der Waals surface area contributed by atoms with E-state index >= 15 is 0 Å². The molecular weight excluding hydrogens is 264 g/mol. The fraction of sp³-hybridized carbons (Fsp3) is 0.353. The van der Waals surface area contributed by atoms with Crippen molar-refractivity contribution in [1.29, 1.82) is 5.26 Å². The molecule has 1 saturated heterocycles. The molecule has 1 unspecified atom stereocenters. The molecule has 1 aliphatic heterocycles. The van der Waals surface area contributed by atoms with Crippen molar-refractivity contribution in [1.82, 2.24) is 4.90 Å². The van der Waals surface area contributed by atoms with Gasteiger partial charge in [0.1, 0.15) is 11.8 Å². The SMILES string of the molecule is COc1ccc2ccccc2c1C(C#N)N1CCOCC1. The lowest BCUT2D eigenvalue weighted by atomic mass is 9.97. The molecule has 0 spiro atoms. The third kappa shape index (κ3) is 2.58. The van der Waals surface area contributed by atoms with Gasteiger partial charge in [0.2, 0.25) is 0 Å². The highest BCUT2D eigenvalue weighted by Gasteiger charge is 2.26. The molecule has 2 aromatic carbocycles. The fourth-order valence-corrected chi connectivity index (χ4v) is 2.90. The molecule has 4 nitrogen and oxygen atoms in total. The minimum atomic E-state index is -0.310. The largest absolute Gasteiger partial charge is 0.496 e. The van der Waals surface area contributed by atoms with Crippen molar-refractivity contribution in [3.8, 4) is 11.8 Å². The summed E-state index contributed by atoms with van der Waals surface area (Å²) < 4.78 is 10.9. The molecule has 1 heterocycles. The predicted octanol–water partition coefficient (Wildman–Crippen LogP) is 2.75. The topological polar surface area (TPSA) is 45.5 Å². The first kappa shape index (κ1) is 13.9. The van der Waals surface area contributed by atoms with Crippen LogP contribution >= 0.6 is 0 Å². The summed E-state index contributed by atoms with van der Waals surface area (Å²) in [6.07, 6.45) is 0. The maximum absolute atomic E-state index is 9.72. The van der Waals surface area contributed by atoms with Gasteiger partial charge in [-0.25, -0.2) is 0 Å². The Morgan fingerprint density at radius 2 is 1.95 bits per heavy atom. The van der Waals surface area contributed by atoms with Crippen molar-refractivity contribution in [2.45, 2.75) is 6.04 Å². The van der Waals surface area contributed by atoms with Crippen LogP contribution in [-0.4, -0.2) is 38.3 Å². The van der Waals surface area contributed by atoms with Crippen molar-refractivity contribution >= 4 is 10.8 Å². The molecule has 0 amide bonds. The van der Waals surface area contributed by atoms with Gasteiger partial charge in [0.05, 0.1) is 26.4 Å². The summed E-state index contributed by atoms with van der Waals surface area (Å²) in [6, 6.07) is 14.2. The van der Waals surface area contributed by atoms with Crippen LogP contribution in [0.1, 0.15) is 11.6 Å². The van der Waals surface area contributed by atoms with E-state index in [4.69, 9.17) is 9.47 Å². The van der Waals surface area contributed by atoms with E-state index in [1.807, 2.05) is 24.3 Å². The molecule has 0 radical (unpaired) electrons. The Bertz CT molecular complexity index is 672. The molecule has 108 valence electrons. The van der Waals surface area contributed by atoms with Gasteiger partial charge in [0.15, 0.2) is 0 Å².